The summed E-state index contributed by atoms with van der Waals surface area (Å²) < 4.78 is 12.9. The van der Waals surface area contributed by atoms with Gasteiger partial charge < -0.3 is 5.32 Å². The van der Waals surface area contributed by atoms with Crippen LogP contribution in [0.1, 0.15) is 11.1 Å². The molecular weight excluding hydrogens is 279 g/mol. The number of nitriles is 1. The normalized spacial score (nSPS) is 10.4. The summed E-state index contributed by atoms with van der Waals surface area (Å²) in [6, 6.07) is 13.9. The largest absolute Gasteiger partial charge is 0.369 e. The lowest BCUT2D eigenvalue weighted by molar-refractivity contribution is 0.627. The first-order valence-corrected chi connectivity index (χ1v) is 6.89. The number of nitrogens with zero attached hydrogens (tertiary/aromatic N) is 3. The van der Waals surface area contributed by atoms with Crippen LogP contribution in [-0.4, -0.2) is 16.5 Å². The van der Waals surface area contributed by atoms with Crippen molar-refractivity contribution in [2.75, 3.05) is 11.9 Å². The molecule has 0 aliphatic rings. The second-order valence-corrected chi connectivity index (χ2v) is 4.87. The summed E-state index contributed by atoms with van der Waals surface area (Å²) in [6.45, 7) is 0.661. The molecule has 1 aromatic heterocycles. The summed E-state index contributed by atoms with van der Waals surface area (Å²) >= 11 is 0. The van der Waals surface area contributed by atoms with Crippen molar-refractivity contribution < 1.29 is 4.39 Å². The smallest absolute Gasteiger partial charge is 0.137 e. The van der Waals surface area contributed by atoms with E-state index in [0.717, 1.165) is 22.9 Å². The third kappa shape index (κ3) is 3.01. The predicted octanol–water partition coefficient (Wildman–Crippen LogP) is 3.30. The molecule has 3 aromatic rings. The molecule has 0 saturated heterocycles. The average molecular weight is 292 g/mol. The van der Waals surface area contributed by atoms with E-state index in [2.05, 4.69) is 21.4 Å². The van der Waals surface area contributed by atoms with E-state index in [4.69, 9.17) is 5.26 Å². The van der Waals surface area contributed by atoms with Gasteiger partial charge in [0.1, 0.15) is 18.0 Å². The highest BCUT2D eigenvalue weighted by molar-refractivity contribution is 5.89. The van der Waals surface area contributed by atoms with Crippen LogP contribution in [0.3, 0.4) is 0 Å². The van der Waals surface area contributed by atoms with Gasteiger partial charge in [0.2, 0.25) is 0 Å². The zero-order valence-corrected chi connectivity index (χ0v) is 11.8. The maximum Gasteiger partial charge on any atom is 0.137 e. The minimum Gasteiger partial charge on any atom is -0.369 e. The van der Waals surface area contributed by atoms with Crippen LogP contribution in [0, 0.1) is 17.1 Å². The number of hydrogen-bond donors (Lipinski definition) is 1. The van der Waals surface area contributed by atoms with Gasteiger partial charge in [0.15, 0.2) is 0 Å². The van der Waals surface area contributed by atoms with Crippen molar-refractivity contribution in [2.24, 2.45) is 0 Å². The van der Waals surface area contributed by atoms with Gasteiger partial charge in [0, 0.05) is 11.9 Å². The Morgan fingerprint density at radius 3 is 2.68 bits per heavy atom. The number of rotatable bonds is 4. The zero-order chi connectivity index (χ0) is 15.4. The van der Waals surface area contributed by atoms with Gasteiger partial charge in [-0.2, -0.15) is 5.26 Å². The minimum absolute atomic E-state index is 0.234. The number of aromatic nitrogens is 2. The van der Waals surface area contributed by atoms with Crippen LogP contribution >= 0.6 is 0 Å². The Morgan fingerprint density at radius 2 is 1.91 bits per heavy atom. The molecule has 2 aromatic carbocycles. The molecule has 0 spiro atoms. The monoisotopic (exact) mass is 292 g/mol. The lowest BCUT2D eigenvalue weighted by Crippen LogP contribution is -2.07. The minimum atomic E-state index is -0.234. The number of anilines is 1. The Labute approximate surface area is 127 Å². The van der Waals surface area contributed by atoms with Crippen molar-refractivity contribution in [3.63, 3.8) is 0 Å². The molecule has 0 saturated carbocycles. The molecule has 0 unspecified atom stereocenters. The first kappa shape index (κ1) is 14.0. The first-order valence-electron chi connectivity index (χ1n) is 6.89. The van der Waals surface area contributed by atoms with Crippen molar-refractivity contribution in [1.29, 1.82) is 5.26 Å². The van der Waals surface area contributed by atoms with Crippen molar-refractivity contribution in [1.82, 2.24) is 9.97 Å². The highest BCUT2D eigenvalue weighted by atomic mass is 19.1. The van der Waals surface area contributed by atoms with Crippen molar-refractivity contribution in [2.45, 2.75) is 6.42 Å². The number of fused-ring (bicyclic) bond motifs is 1. The fourth-order valence-electron chi connectivity index (χ4n) is 2.24. The third-order valence-corrected chi connectivity index (χ3v) is 3.38. The Kier molecular flexibility index (Phi) is 3.92. The molecule has 0 fully saturated rings. The summed E-state index contributed by atoms with van der Waals surface area (Å²) in [5.41, 5.74) is 2.41. The molecule has 0 amide bonds. The van der Waals surface area contributed by atoms with Crippen LogP contribution in [0.5, 0.6) is 0 Å². The Morgan fingerprint density at radius 1 is 1.09 bits per heavy atom. The van der Waals surface area contributed by atoms with E-state index < -0.39 is 0 Å². The van der Waals surface area contributed by atoms with Crippen LogP contribution in [0.2, 0.25) is 0 Å². The third-order valence-electron chi connectivity index (χ3n) is 3.38. The molecule has 5 heteroatoms. The van der Waals surface area contributed by atoms with Crippen molar-refractivity contribution >= 4 is 16.7 Å². The van der Waals surface area contributed by atoms with Gasteiger partial charge in [-0.15, -0.1) is 0 Å². The van der Waals surface area contributed by atoms with Gasteiger partial charge in [0.05, 0.1) is 17.1 Å². The number of nitrogens with one attached hydrogen (secondary N) is 1. The standard InChI is InChI=1S/C17H13FN4/c18-14-4-1-12(2-5-14)7-8-20-17-15-9-13(10-19)3-6-16(15)21-11-22-17/h1-6,9,11H,7-8H2,(H,20,21,22). The van der Waals surface area contributed by atoms with E-state index in [1.807, 2.05) is 0 Å². The maximum absolute atomic E-state index is 12.9. The molecule has 22 heavy (non-hydrogen) atoms. The molecule has 1 heterocycles. The highest BCUT2D eigenvalue weighted by Gasteiger charge is 2.04. The number of benzene rings is 2. The summed E-state index contributed by atoms with van der Waals surface area (Å²) in [6.07, 6.45) is 2.25. The highest BCUT2D eigenvalue weighted by Crippen LogP contribution is 2.20. The second kappa shape index (κ2) is 6.19. The van der Waals surface area contributed by atoms with Crippen LogP contribution in [0.4, 0.5) is 10.2 Å². The van der Waals surface area contributed by atoms with E-state index in [0.29, 0.717) is 17.9 Å². The summed E-state index contributed by atoms with van der Waals surface area (Å²) in [7, 11) is 0. The van der Waals surface area contributed by atoms with E-state index in [9.17, 15) is 4.39 Å². The average Bonchev–Trinajstić information content (AvgIpc) is 2.56. The fourth-order valence-corrected chi connectivity index (χ4v) is 2.24. The summed E-state index contributed by atoms with van der Waals surface area (Å²) in [5, 5.41) is 13.1. The molecule has 0 aliphatic heterocycles. The first-order chi connectivity index (χ1) is 10.8. The Bertz CT molecular complexity index is 837. The molecule has 0 atom stereocenters. The van der Waals surface area contributed by atoms with E-state index in [1.165, 1.54) is 18.5 Å². The Balaban J connectivity index is 1.76. The van der Waals surface area contributed by atoms with E-state index in [-0.39, 0.29) is 5.82 Å². The van der Waals surface area contributed by atoms with Crippen LogP contribution < -0.4 is 5.32 Å². The molecule has 1 N–H and O–H groups in total. The van der Waals surface area contributed by atoms with Gasteiger partial charge in [-0.3, -0.25) is 0 Å². The van der Waals surface area contributed by atoms with E-state index >= 15 is 0 Å². The van der Waals surface area contributed by atoms with Gasteiger partial charge in [-0.1, -0.05) is 12.1 Å². The van der Waals surface area contributed by atoms with E-state index in [1.54, 1.807) is 30.3 Å². The predicted molar refractivity (Wildman–Crippen MR) is 82.8 cm³/mol. The fraction of sp³-hybridized carbons (Fsp3) is 0.118. The van der Waals surface area contributed by atoms with Crippen LogP contribution in [-0.2, 0) is 6.42 Å². The van der Waals surface area contributed by atoms with Crippen LogP contribution in [0.15, 0.2) is 48.8 Å². The molecule has 108 valence electrons. The zero-order valence-electron chi connectivity index (χ0n) is 11.8. The van der Waals surface area contributed by atoms with Gasteiger partial charge in [0.25, 0.3) is 0 Å². The topological polar surface area (TPSA) is 61.6 Å². The second-order valence-electron chi connectivity index (χ2n) is 4.87. The quantitative estimate of drug-likeness (QED) is 0.801. The lowest BCUT2D eigenvalue weighted by Gasteiger charge is -2.08. The summed E-state index contributed by atoms with van der Waals surface area (Å²) in [5.74, 6) is 0.465. The van der Waals surface area contributed by atoms with Crippen LogP contribution in [0.25, 0.3) is 10.9 Å². The van der Waals surface area contributed by atoms with Gasteiger partial charge in [-0.25, -0.2) is 14.4 Å². The molecule has 4 nitrogen and oxygen atoms in total. The number of halogens is 1. The molecule has 0 bridgehead atoms. The molecule has 0 aliphatic carbocycles. The maximum atomic E-state index is 12.9. The summed E-state index contributed by atoms with van der Waals surface area (Å²) in [4.78, 5) is 8.43. The van der Waals surface area contributed by atoms with Crippen molar-refractivity contribution in [3.8, 4) is 6.07 Å². The number of hydrogen-bond acceptors (Lipinski definition) is 4. The molecule has 0 radical (unpaired) electrons. The van der Waals surface area contributed by atoms with Gasteiger partial charge >= 0.3 is 0 Å². The van der Waals surface area contributed by atoms with Crippen molar-refractivity contribution in [3.05, 3.63) is 65.7 Å². The SMILES string of the molecule is N#Cc1ccc2ncnc(NCCc3ccc(F)cc3)c2c1. The van der Waals surface area contributed by atoms with Gasteiger partial charge in [-0.05, 0) is 42.3 Å². The molecular formula is C17H13FN4. The Hall–Kier alpha value is -3.00. The lowest BCUT2D eigenvalue weighted by atomic mass is 10.1. The molecule has 3 rings (SSSR count).